The monoisotopic (exact) mass is 352 g/mol. The van der Waals surface area contributed by atoms with Gasteiger partial charge in [0.2, 0.25) is 11.0 Å². The van der Waals surface area contributed by atoms with Crippen LogP contribution in [-0.4, -0.2) is 16.8 Å². The van der Waals surface area contributed by atoms with Crippen LogP contribution in [0.3, 0.4) is 0 Å². The van der Waals surface area contributed by atoms with Crippen molar-refractivity contribution in [1.29, 1.82) is 0 Å². The summed E-state index contributed by atoms with van der Waals surface area (Å²) in [5.74, 6) is -0.446. The van der Waals surface area contributed by atoms with Gasteiger partial charge in [0.15, 0.2) is 0 Å². The number of carbonyl (C=O) groups is 2. The Kier molecular flexibility index (Phi) is 5.06. The molecule has 0 aliphatic rings. The third kappa shape index (κ3) is 4.21. The highest BCUT2D eigenvalue weighted by molar-refractivity contribution is 7.20. The molecule has 0 aliphatic heterocycles. The van der Waals surface area contributed by atoms with Gasteiger partial charge in [-0.1, -0.05) is 59.9 Å². The average molecular weight is 352 g/mol. The molecule has 2 aromatic carbocycles. The molecule has 0 spiro atoms. The molecule has 25 heavy (non-hydrogen) atoms. The third-order valence-electron chi connectivity index (χ3n) is 3.28. The van der Waals surface area contributed by atoms with Gasteiger partial charge >= 0.3 is 0 Å². The minimum atomic E-state index is -0.230. The lowest BCUT2D eigenvalue weighted by Gasteiger charge is -2.05. The highest BCUT2D eigenvalue weighted by Gasteiger charge is 2.16. The predicted molar refractivity (Wildman–Crippen MR) is 99.4 cm³/mol. The summed E-state index contributed by atoms with van der Waals surface area (Å²) in [6, 6.07) is 18.5. The van der Waals surface area contributed by atoms with Crippen molar-refractivity contribution in [1.82, 2.24) is 10.4 Å². The van der Waals surface area contributed by atoms with Crippen LogP contribution in [0.5, 0.6) is 0 Å². The van der Waals surface area contributed by atoms with Crippen LogP contribution in [0.2, 0.25) is 0 Å². The Morgan fingerprint density at radius 3 is 2.24 bits per heavy atom. The fraction of sp³-hybridized carbons (Fsp3) is 0.0556. The van der Waals surface area contributed by atoms with Gasteiger partial charge in [-0.2, -0.15) is 0 Å². The normalized spacial score (nSPS) is 10.1. The van der Waals surface area contributed by atoms with Gasteiger partial charge in [0.05, 0.1) is 0 Å². The van der Waals surface area contributed by atoms with Crippen LogP contribution in [0.15, 0.2) is 60.7 Å². The molecule has 7 heteroatoms. The number of thiazole rings is 1. The number of carbonyl (C=O) groups excluding carboxylic acids is 2. The Morgan fingerprint density at radius 1 is 0.960 bits per heavy atom. The number of hydrogen-bond donors (Lipinski definition) is 3. The lowest BCUT2D eigenvalue weighted by atomic mass is 10.1. The first-order valence-electron chi connectivity index (χ1n) is 7.59. The molecule has 0 radical (unpaired) electrons. The molecule has 1 aromatic heterocycles. The molecule has 0 saturated heterocycles. The fourth-order valence-corrected chi connectivity index (χ4v) is 2.99. The van der Waals surface area contributed by atoms with Crippen LogP contribution in [-0.2, 0) is 4.79 Å². The third-order valence-corrected chi connectivity index (χ3v) is 4.17. The SMILES string of the molecule is CC(=O)NNc1nc(-c2ccccc2)c(NC(=O)c2ccccc2)s1. The van der Waals surface area contributed by atoms with Crippen LogP contribution in [0.25, 0.3) is 11.3 Å². The molecular weight excluding hydrogens is 336 g/mol. The topological polar surface area (TPSA) is 83.1 Å². The molecule has 0 fully saturated rings. The minimum absolute atomic E-state index is 0.215. The second kappa shape index (κ2) is 7.59. The van der Waals surface area contributed by atoms with E-state index in [0.717, 1.165) is 5.56 Å². The van der Waals surface area contributed by atoms with Crippen LogP contribution >= 0.6 is 11.3 Å². The van der Waals surface area contributed by atoms with Crippen molar-refractivity contribution in [3.63, 3.8) is 0 Å². The zero-order valence-electron chi connectivity index (χ0n) is 13.4. The first kappa shape index (κ1) is 16.7. The smallest absolute Gasteiger partial charge is 0.256 e. The number of benzene rings is 2. The lowest BCUT2D eigenvalue weighted by molar-refractivity contribution is -0.118. The standard InChI is InChI=1S/C18H16N4O2S/c1-12(23)21-22-18-19-15(13-8-4-2-5-9-13)17(25-18)20-16(24)14-10-6-3-7-11-14/h2-11H,1H3,(H,19,22)(H,20,24)(H,21,23). The van der Waals surface area contributed by atoms with E-state index in [9.17, 15) is 9.59 Å². The Balaban J connectivity index is 1.90. The molecule has 0 saturated carbocycles. The molecule has 0 aliphatic carbocycles. The van der Waals surface area contributed by atoms with E-state index >= 15 is 0 Å². The van der Waals surface area contributed by atoms with E-state index in [1.165, 1.54) is 18.3 Å². The summed E-state index contributed by atoms with van der Waals surface area (Å²) in [6.45, 7) is 1.40. The largest absolute Gasteiger partial charge is 0.312 e. The molecule has 3 aromatic rings. The summed E-state index contributed by atoms with van der Waals surface area (Å²) in [5.41, 5.74) is 7.31. The highest BCUT2D eigenvalue weighted by Crippen LogP contribution is 2.35. The van der Waals surface area contributed by atoms with Crippen molar-refractivity contribution < 1.29 is 9.59 Å². The molecule has 2 amide bonds. The van der Waals surface area contributed by atoms with E-state index in [1.54, 1.807) is 12.1 Å². The number of amides is 2. The number of hydrazine groups is 1. The average Bonchev–Trinajstić information content (AvgIpc) is 3.04. The van der Waals surface area contributed by atoms with E-state index < -0.39 is 0 Å². The number of hydrogen-bond acceptors (Lipinski definition) is 5. The summed E-state index contributed by atoms with van der Waals surface area (Å²) < 4.78 is 0. The van der Waals surface area contributed by atoms with Gasteiger partial charge in [-0.05, 0) is 12.1 Å². The summed E-state index contributed by atoms with van der Waals surface area (Å²) >= 11 is 1.25. The van der Waals surface area contributed by atoms with E-state index in [1.807, 2.05) is 48.5 Å². The minimum Gasteiger partial charge on any atom is -0.312 e. The van der Waals surface area contributed by atoms with E-state index in [0.29, 0.717) is 21.4 Å². The summed E-state index contributed by atoms with van der Waals surface area (Å²) in [6.07, 6.45) is 0. The zero-order chi connectivity index (χ0) is 17.6. The van der Waals surface area contributed by atoms with Gasteiger partial charge in [0.1, 0.15) is 10.7 Å². The van der Waals surface area contributed by atoms with Crippen LogP contribution in [0.4, 0.5) is 10.1 Å². The van der Waals surface area contributed by atoms with Crippen molar-refractivity contribution in [3.8, 4) is 11.3 Å². The maximum Gasteiger partial charge on any atom is 0.256 e. The highest BCUT2D eigenvalue weighted by atomic mass is 32.1. The molecule has 0 bridgehead atoms. The van der Waals surface area contributed by atoms with E-state index in [4.69, 9.17) is 0 Å². The number of nitrogens with zero attached hydrogens (tertiary/aromatic N) is 1. The van der Waals surface area contributed by atoms with E-state index in [-0.39, 0.29) is 11.8 Å². The van der Waals surface area contributed by atoms with Gasteiger partial charge in [0, 0.05) is 18.1 Å². The van der Waals surface area contributed by atoms with Crippen molar-refractivity contribution in [2.45, 2.75) is 6.92 Å². The Hall–Kier alpha value is -3.19. The van der Waals surface area contributed by atoms with Gasteiger partial charge < -0.3 is 5.32 Å². The number of rotatable bonds is 5. The van der Waals surface area contributed by atoms with Gasteiger partial charge in [0.25, 0.3) is 5.91 Å². The van der Waals surface area contributed by atoms with Gasteiger partial charge in [-0.3, -0.25) is 20.4 Å². The van der Waals surface area contributed by atoms with Crippen LogP contribution < -0.4 is 16.2 Å². The molecule has 3 rings (SSSR count). The first-order valence-corrected chi connectivity index (χ1v) is 8.40. The zero-order valence-corrected chi connectivity index (χ0v) is 14.3. The van der Waals surface area contributed by atoms with E-state index in [2.05, 4.69) is 21.2 Å². The quantitative estimate of drug-likeness (QED) is 0.614. The second-order valence-corrected chi connectivity index (χ2v) is 6.19. The Bertz CT molecular complexity index is 879. The Labute approximate surface area is 148 Å². The summed E-state index contributed by atoms with van der Waals surface area (Å²) in [7, 11) is 0. The first-order chi connectivity index (χ1) is 12.1. The molecule has 0 unspecified atom stereocenters. The maximum atomic E-state index is 12.5. The number of aromatic nitrogens is 1. The van der Waals surface area contributed by atoms with Crippen molar-refractivity contribution in [3.05, 3.63) is 66.2 Å². The molecule has 6 nitrogen and oxygen atoms in total. The molecule has 3 N–H and O–H groups in total. The number of nitrogens with one attached hydrogen (secondary N) is 3. The number of anilines is 2. The lowest BCUT2D eigenvalue weighted by Crippen LogP contribution is -2.26. The van der Waals surface area contributed by atoms with Crippen molar-refractivity contribution in [2.24, 2.45) is 0 Å². The molecule has 126 valence electrons. The predicted octanol–water partition coefficient (Wildman–Crippen LogP) is 3.53. The summed E-state index contributed by atoms with van der Waals surface area (Å²) in [4.78, 5) is 28.0. The molecular formula is C18H16N4O2S. The van der Waals surface area contributed by atoms with Crippen molar-refractivity contribution >= 4 is 33.3 Å². The molecule has 1 heterocycles. The van der Waals surface area contributed by atoms with Crippen LogP contribution in [0, 0.1) is 0 Å². The van der Waals surface area contributed by atoms with Gasteiger partial charge in [-0.25, -0.2) is 4.98 Å². The Morgan fingerprint density at radius 2 is 1.60 bits per heavy atom. The van der Waals surface area contributed by atoms with Gasteiger partial charge in [-0.15, -0.1) is 0 Å². The van der Waals surface area contributed by atoms with Crippen LogP contribution in [0.1, 0.15) is 17.3 Å². The maximum absolute atomic E-state index is 12.5. The second-order valence-electron chi connectivity index (χ2n) is 5.19. The van der Waals surface area contributed by atoms with Crippen molar-refractivity contribution in [2.75, 3.05) is 10.7 Å². The summed E-state index contributed by atoms with van der Waals surface area (Å²) in [5, 5.41) is 3.99. The fourth-order valence-electron chi connectivity index (χ4n) is 2.16. The molecule has 0 atom stereocenters.